The van der Waals surface area contributed by atoms with Crippen LogP contribution < -0.4 is 0 Å². The molecule has 1 aliphatic heterocycles. The number of nitrogens with zero attached hydrogens (tertiary/aromatic N) is 1. The van der Waals surface area contributed by atoms with Crippen LogP contribution in [0.3, 0.4) is 0 Å². The average molecular weight is 220 g/mol. The van der Waals surface area contributed by atoms with Crippen molar-refractivity contribution in [3.63, 3.8) is 0 Å². The van der Waals surface area contributed by atoms with Gasteiger partial charge in [-0.15, -0.1) is 0 Å². The van der Waals surface area contributed by atoms with E-state index in [1.165, 1.54) is 6.42 Å². The predicted octanol–water partition coefficient (Wildman–Crippen LogP) is 1.64. The highest BCUT2D eigenvalue weighted by Gasteiger charge is 2.19. The third-order valence-electron chi connectivity index (χ3n) is 2.18. The molecule has 0 aromatic carbocycles. The van der Waals surface area contributed by atoms with Crippen LogP contribution >= 0.6 is 15.9 Å². The molecular formula is C8H14BrNO. The fourth-order valence-electron chi connectivity index (χ4n) is 1.48. The van der Waals surface area contributed by atoms with Gasteiger partial charge in [0, 0.05) is 25.3 Å². The lowest BCUT2D eigenvalue weighted by molar-refractivity contribution is -0.130. The minimum Gasteiger partial charge on any atom is -0.343 e. The van der Waals surface area contributed by atoms with Gasteiger partial charge in [-0.3, -0.25) is 4.79 Å². The van der Waals surface area contributed by atoms with E-state index in [0.29, 0.717) is 5.92 Å². The molecule has 0 spiro atoms. The SMILES string of the molecule is CC(=O)N1CCC[C@H](CBr)C1. The summed E-state index contributed by atoms with van der Waals surface area (Å²) in [5, 5.41) is 1.02. The van der Waals surface area contributed by atoms with Crippen LogP contribution in [0, 0.1) is 5.92 Å². The molecule has 0 unspecified atom stereocenters. The van der Waals surface area contributed by atoms with Crippen molar-refractivity contribution in [2.75, 3.05) is 18.4 Å². The number of hydrogen-bond acceptors (Lipinski definition) is 1. The molecule has 64 valence electrons. The molecule has 0 radical (unpaired) electrons. The molecule has 1 heterocycles. The van der Waals surface area contributed by atoms with Gasteiger partial charge in [0.15, 0.2) is 0 Å². The van der Waals surface area contributed by atoms with Gasteiger partial charge >= 0.3 is 0 Å². The second-order valence-corrected chi connectivity index (χ2v) is 3.78. The first-order valence-corrected chi connectivity index (χ1v) is 5.17. The van der Waals surface area contributed by atoms with Crippen LogP contribution in [0.25, 0.3) is 0 Å². The molecule has 11 heavy (non-hydrogen) atoms. The average Bonchev–Trinajstić information content (AvgIpc) is 2.05. The summed E-state index contributed by atoms with van der Waals surface area (Å²) < 4.78 is 0. The second-order valence-electron chi connectivity index (χ2n) is 3.13. The summed E-state index contributed by atoms with van der Waals surface area (Å²) in [4.78, 5) is 12.9. The Balaban J connectivity index is 2.39. The van der Waals surface area contributed by atoms with Crippen LogP contribution in [-0.2, 0) is 4.79 Å². The van der Waals surface area contributed by atoms with Crippen molar-refractivity contribution in [2.24, 2.45) is 5.92 Å². The van der Waals surface area contributed by atoms with E-state index in [0.717, 1.165) is 24.8 Å². The van der Waals surface area contributed by atoms with Crippen molar-refractivity contribution in [1.29, 1.82) is 0 Å². The molecule has 0 bridgehead atoms. The number of piperidine rings is 1. The topological polar surface area (TPSA) is 20.3 Å². The zero-order valence-electron chi connectivity index (χ0n) is 6.85. The Morgan fingerprint density at radius 2 is 2.45 bits per heavy atom. The van der Waals surface area contributed by atoms with Gasteiger partial charge in [0.05, 0.1) is 0 Å². The van der Waals surface area contributed by atoms with Gasteiger partial charge in [0.2, 0.25) is 5.91 Å². The lowest BCUT2D eigenvalue weighted by Crippen LogP contribution is -2.38. The Labute approximate surface area is 76.1 Å². The molecule has 0 aromatic heterocycles. The molecule has 0 aliphatic carbocycles. The smallest absolute Gasteiger partial charge is 0.219 e. The Bertz CT molecular complexity index is 149. The number of hydrogen-bond donors (Lipinski definition) is 0. The van der Waals surface area contributed by atoms with E-state index in [1.807, 2.05) is 4.90 Å². The quantitative estimate of drug-likeness (QED) is 0.615. The van der Waals surface area contributed by atoms with E-state index < -0.39 is 0 Å². The molecule has 1 atom stereocenters. The number of carbonyl (C=O) groups excluding carboxylic acids is 1. The Hall–Kier alpha value is -0.0500. The number of rotatable bonds is 1. The van der Waals surface area contributed by atoms with Crippen molar-refractivity contribution in [2.45, 2.75) is 19.8 Å². The van der Waals surface area contributed by atoms with E-state index in [2.05, 4.69) is 15.9 Å². The van der Waals surface area contributed by atoms with Crippen LogP contribution in [0.15, 0.2) is 0 Å². The maximum atomic E-state index is 11.0. The summed E-state index contributed by atoms with van der Waals surface area (Å²) in [5.74, 6) is 0.892. The summed E-state index contributed by atoms with van der Waals surface area (Å²) in [6.07, 6.45) is 2.42. The van der Waals surface area contributed by atoms with Crippen LogP contribution in [0.2, 0.25) is 0 Å². The zero-order valence-corrected chi connectivity index (χ0v) is 8.43. The number of alkyl halides is 1. The molecule has 0 saturated carbocycles. The summed E-state index contributed by atoms with van der Waals surface area (Å²) in [5.41, 5.74) is 0. The predicted molar refractivity (Wildman–Crippen MR) is 48.8 cm³/mol. The Morgan fingerprint density at radius 3 is 3.00 bits per heavy atom. The van der Waals surface area contributed by atoms with Gasteiger partial charge in [-0.05, 0) is 18.8 Å². The minimum absolute atomic E-state index is 0.218. The van der Waals surface area contributed by atoms with E-state index in [9.17, 15) is 4.79 Å². The van der Waals surface area contributed by atoms with Crippen molar-refractivity contribution in [1.82, 2.24) is 4.90 Å². The van der Waals surface area contributed by atoms with Gasteiger partial charge in [-0.25, -0.2) is 0 Å². The monoisotopic (exact) mass is 219 g/mol. The normalized spacial score (nSPS) is 25.3. The van der Waals surface area contributed by atoms with Crippen LogP contribution in [0.4, 0.5) is 0 Å². The molecule has 0 aromatic rings. The molecule has 0 N–H and O–H groups in total. The van der Waals surface area contributed by atoms with Gasteiger partial charge < -0.3 is 4.90 Å². The fourth-order valence-corrected chi connectivity index (χ4v) is 2.01. The van der Waals surface area contributed by atoms with Crippen molar-refractivity contribution >= 4 is 21.8 Å². The molecule has 1 saturated heterocycles. The first-order chi connectivity index (χ1) is 5.24. The van der Waals surface area contributed by atoms with E-state index in [-0.39, 0.29) is 5.91 Å². The highest BCUT2D eigenvalue weighted by Crippen LogP contribution is 2.17. The second kappa shape index (κ2) is 4.10. The Kier molecular flexibility index (Phi) is 3.37. The number of amides is 1. The molecule has 1 rings (SSSR count). The van der Waals surface area contributed by atoms with Gasteiger partial charge in [-0.1, -0.05) is 15.9 Å². The number of carbonyl (C=O) groups is 1. The van der Waals surface area contributed by atoms with E-state index in [1.54, 1.807) is 6.92 Å². The number of likely N-dealkylation sites (tertiary alicyclic amines) is 1. The third kappa shape index (κ3) is 2.47. The summed E-state index contributed by atoms with van der Waals surface area (Å²) in [6, 6.07) is 0. The maximum absolute atomic E-state index is 11.0. The first kappa shape index (κ1) is 9.04. The standard InChI is InChI=1S/C8H14BrNO/c1-7(11)10-4-2-3-8(5-9)6-10/h8H,2-6H2,1H3/t8-/m1/s1. The first-order valence-electron chi connectivity index (χ1n) is 4.05. The molecule has 2 nitrogen and oxygen atoms in total. The lowest BCUT2D eigenvalue weighted by atomic mass is 10.0. The van der Waals surface area contributed by atoms with E-state index >= 15 is 0 Å². The van der Waals surface area contributed by atoms with Gasteiger partial charge in [0.1, 0.15) is 0 Å². The zero-order chi connectivity index (χ0) is 8.27. The molecular weight excluding hydrogens is 206 g/mol. The highest BCUT2D eigenvalue weighted by atomic mass is 79.9. The Morgan fingerprint density at radius 1 is 1.73 bits per heavy atom. The third-order valence-corrected chi connectivity index (χ3v) is 3.10. The molecule has 3 heteroatoms. The summed E-state index contributed by atoms with van der Waals surface area (Å²) in [6.45, 7) is 3.55. The van der Waals surface area contributed by atoms with Gasteiger partial charge in [0.25, 0.3) is 0 Å². The van der Waals surface area contributed by atoms with Crippen LogP contribution in [0.5, 0.6) is 0 Å². The fraction of sp³-hybridized carbons (Fsp3) is 0.875. The lowest BCUT2D eigenvalue weighted by Gasteiger charge is -2.30. The minimum atomic E-state index is 0.218. The van der Waals surface area contributed by atoms with Crippen molar-refractivity contribution in [3.8, 4) is 0 Å². The number of halogens is 1. The largest absolute Gasteiger partial charge is 0.343 e. The van der Waals surface area contributed by atoms with E-state index in [4.69, 9.17) is 0 Å². The van der Waals surface area contributed by atoms with Crippen molar-refractivity contribution in [3.05, 3.63) is 0 Å². The van der Waals surface area contributed by atoms with Crippen LogP contribution in [-0.4, -0.2) is 29.2 Å². The maximum Gasteiger partial charge on any atom is 0.219 e. The molecule has 1 amide bonds. The summed E-state index contributed by atoms with van der Waals surface area (Å²) >= 11 is 3.45. The summed E-state index contributed by atoms with van der Waals surface area (Å²) in [7, 11) is 0. The molecule has 1 fully saturated rings. The van der Waals surface area contributed by atoms with Gasteiger partial charge in [-0.2, -0.15) is 0 Å². The van der Waals surface area contributed by atoms with Crippen molar-refractivity contribution < 1.29 is 4.79 Å². The highest BCUT2D eigenvalue weighted by molar-refractivity contribution is 9.09. The van der Waals surface area contributed by atoms with Crippen LogP contribution in [0.1, 0.15) is 19.8 Å². The molecule has 1 aliphatic rings.